The first-order chi connectivity index (χ1) is 9.56. The zero-order valence-electron chi connectivity index (χ0n) is 11.7. The van der Waals surface area contributed by atoms with Crippen molar-refractivity contribution in [2.45, 2.75) is 32.7 Å². The van der Waals surface area contributed by atoms with Crippen LogP contribution in [0.2, 0.25) is 0 Å². The minimum atomic E-state index is -0.106. The Hall–Kier alpha value is -2.03. The maximum absolute atomic E-state index is 13.7. The first-order valence-corrected chi connectivity index (χ1v) is 6.90. The Morgan fingerprint density at radius 1 is 1.20 bits per heavy atom. The van der Waals surface area contributed by atoms with Crippen LogP contribution >= 0.6 is 0 Å². The molecule has 2 aromatic carbocycles. The van der Waals surface area contributed by atoms with E-state index in [0.717, 1.165) is 40.8 Å². The Labute approximate surface area is 118 Å². The lowest BCUT2D eigenvalue weighted by molar-refractivity contribution is 0.470. The lowest BCUT2D eigenvalue weighted by Gasteiger charge is -2.18. The van der Waals surface area contributed by atoms with Gasteiger partial charge in [-0.15, -0.1) is 0 Å². The Morgan fingerprint density at radius 3 is 2.80 bits per heavy atom. The normalized spacial score (nSPS) is 17.1. The van der Waals surface area contributed by atoms with Crippen LogP contribution in [0.4, 0.5) is 10.1 Å². The maximum atomic E-state index is 13.7. The number of benzene rings is 2. The Balaban J connectivity index is 1.91. The second kappa shape index (κ2) is 4.82. The summed E-state index contributed by atoms with van der Waals surface area (Å²) in [7, 11) is 0. The summed E-state index contributed by atoms with van der Waals surface area (Å²) in [5, 5.41) is 13.2. The highest BCUT2D eigenvalue weighted by molar-refractivity contribution is 5.58. The first kappa shape index (κ1) is 13.0. The van der Waals surface area contributed by atoms with Crippen LogP contribution in [0.25, 0.3) is 0 Å². The number of phenols is 1. The van der Waals surface area contributed by atoms with E-state index in [9.17, 15) is 9.50 Å². The monoisotopic (exact) mass is 271 g/mol. The fourth-order valence-corrected chi connectivity index (χ4v) is 2.90. The second-order valence-electron chi connectivity index (χ2n) is 5.50. The van der Waals surface area contributed by atoms with Crippen LogP contribution in [0.3, 0.4) is 0 Å². The average Bonchev–Trinajstić information content (AvgIpc) is 2.81. The zero-order chi connectivity index (χ0) is 14.3. The molecule has 0 bridgehead atoms. The molecule has 0 saturated carbocycles. The third kappa shape index (κ3) is 2.13. The lowest BCUT2D eigenvalue weighted by atomic mass is 10.1. The van der Waals surface area contributed by atoms with Crippen molar-refractivity contribution in [1.29, 1.82) is 0 Å². The Morgan fingerprint density at radius 2 is 2.00 bits per heavy atom. The molecule has 0 saturated heterocycles. The van der Waals surface area contributed by atoms with Crippen molar-refractivity contribution in [3.63, 3.8) is 0 Å². The molecular weight excluding hydrogens is 253 g/mol. The number of hydrogen-bond donors (Lipinski definition) is 2. The number of hydrogen-bond acceptors (Lipinski definition) is 2. The SMILES string of the molecule is Cc1cc(NC2CCc3c(F)cccc32)c(C)cc1O. The summed E-state index contributed by atoms with van der Waals surface area (Å²) in [6.45, 7) is 3.84. The molecule has 2 aromatic rings. The molecule has 0 aliphatic heterocycles. The molecule has 1 aliphatic carbocycles. The van der Waals surface area contributed by atoms with Crippen LogP contribution < -0.4 is 5.32 Å². The van der Waals surface area contributed by atoms with Gasteiger partial charge in [0.05, 0.1) is 6.04 Å². The third-order valence-corrected chi connectivity index (χ3v) is 4.09. The average molecular weight is 271 g/mol. The summed E-state index contributed by atoms with van der Waals surface area (Å²) < 4.78 is 13.7. The number of halogens is 1. The number of phenolic OH excluding ortho intramolecular Hbond substituents is 1. The number of aromatic hydroxyl groups is 1. The van der Waals surface area contributed by atoms with E-state index < -0.39 is 0 Å². The molecule has 1 unspecified atom stereocenters. The van der Waals surface area contributed by atoms with Crippen molar-refractivity contribution in [3.8, 4) is 5.75 Å². The van der Waals surface area contributed by atoms with E-state index >= 15 is 0 Å². The fraction of sp³-hybridized carbons (Fsp3) is 0.294. The van der Waals surface area contributed by atoms with Crippen LogP contribution in [0, 0.1) is 19.7 Å². The molecule has 2 N–H and O–H groups in total. The van der Waals surface area contributed by atoms with Gasteiger partial charge in [-0.2, -0.15) is 0 Å². The fourth-order valence-electron chi connectivity index (χ4n) is 2.90. The van der Waals surface area contributed by atoms with E-state index in [1.807, 2.05) is 26.0 Å². The molecule has 1 atom stereocenters. The summed E-state index contributed by atoms with van der Waals surface area (Å²) in [4.78, 5) is 0. The van der Waals surface area contributed by atoms with E-state index in [1.165, 1.54) is 6.07 Å². The Kier molecular flexibility index (Phi) is 3.13. The predicted molar refractivity (Wildman–Crippen MR) is 78.7 cm³/mol. The molecule has 20 heavy (non-hydrogen) atoms. The smallest absolute Gasteiger partial charge is 0.126 e. The van der Waals surface area contributed by atoms with Gasteiger partial charge >= 0.3 is 0 Å². The molecule has 3 heteroatoms. The summed E-state index contributed by atoms with van der Waals surface area (Å²) >= 11 is 0. The highest BCUT2D eigenvalue weighted by Crippen LogP contribution is 2.36. The van der Waals surface area contributed by atoms with Gasteiger partial charge in [-0.05, 0) is 67.1 Å². The van der Waals surface area contributed by atoms with Gasteiger partial charge in [0.25, 0.3) is 0 Å². The molecule has 1 aliphatic rings. The van der Waals surface area contributed by atoms with E-state index in [0.29, 0.717) is 5.75 Å². The summed E-state index contributed by atoms with van der Waals surface area (Å²) in [5.41, 5.74) is 4.73. The van der Waals surface area contributed by atoms with Gasteiger partial charge in [0.1, 0.15) is 11.6 Å². The topological polar surface area (TPSA) is 32.3 Å². The number of nitrogens with one attached hydrogen (secondary N) is 1. The number of anilines is 1. The largest absolute Gasteiger partial charge is 0.508 e. The second-order valence-corrected chi connectivity index (χ2v) is 5.50. The first-order valence-electron chi connectivity index (χ1n) is 6.90. The van der Waals surface area contributed by atoms with Crippen LogP contribution in [0.5, 0.6) is 5.75 Å². The standard InChI is InChI=1S/C17H18FNO/c1-10-9-17(20)11(2)8-16(10)19-15-7-6-12-13(15)4-3-5-14(12)18/h3-5,8-9,15,19-20H,6-7H2,1-2H3. The molecular formula is C17H18FNO. The van der Waals surface area contributed by atoms with E-state index in [2.05, 4.69) is 5.32 Å². The highest BCUT2D eigenvalue weighted by Gasteiger charge is 2.25. The maximum Gasteiger partial charge on any atom is 0.126 e. The van der Waals surface area contributed by atoms with Gasteiger partial charge in [-0.25, -0.2) is 4.39 Å². The number of fused-ring (bicyclic) bond motifs is 1. The van der Waals surface area contributed by atoms with Crippen LogP contribution in [-0.2, 0) is 6.42 Å². The molecule has 0 fully saturated rings. The van der Waals surface area contributed by atoms with Crippen LogP contribution in [0.1, 0.15) is 34.7 Å². The van der Waals surface area contributed by atoms with E-state index in [-0.39, 0.29) is 11.9 Å². The van der Waals surface area contributed by atoms with Crippen molar-refractivity contribution >= 4 is 5.69 Å². The van der Waals surface area contributed by atoms with Gasteiger partial charge in [0.15, 0.2) is 0 Å². The van der Waals surface area contributed by atoms with E-state index in [1.54, 1.807) is 12.1 Å². The molecule has 0 spiro atoms. The van der Waals surface area contributed by atoms with Gasteiger partial charge < -0.3 is 10.4 Å². The molecule has 104 valence electrons. The molecule has 2 nitrogen and oxygen atoms in total. The van der Waals surface area contributed by atoms with Gasteiger partial charge in [-0.3, -0.25) is 0 Å². The van der Waals surface area contributed by atoms with Crippen LogP contribution in [0.15, 0.2) is 30.3 Å². The number of rotatable bonds is 2. The third-order valence-electron chi connectivity index (χ3n) is 4.09. The predicted octanol–water partition coefficient (Wildman–Crippen LogP) is 4.25. The van der Waals surface area contributed by atoms with Crippen molar-refractivity contribution in [2.24, 2.45) is 0 Å². The zero-order valence-corrected chi connectivity index (χ0v) is 11.7. The van der Waals surface area contributed by atoms with Crippen molar-refractivity contribution in [1.82, 2.24) is 0 Å². The molecule has 3 rings (SSSR count). The van der Waals surface area contributed by atoms with E-state index in [4.69, 9.17) is 0 Å². The minimum absolute atomic E-state index is 0.106. The summed E-state index contributed by atoms with van der Waals surface area (Å²) in [6, 6.07) is 9.14. The molecule has 0 aromatic heterocycles. The number of aryl methyl sites for hydroxylation is 2. The summed E-state index contributed by atoms with van der Waals surface area (Å²) in [6.07, 6.45) is 1.67. The molecule has 0 heterocycles. The Bertz CT molecular complexity index is 666. The highest BCUT2D eigenvalue weighted by atomic mass is 19.1. The quantitative estimate of drug-likeness (QED) is 0.800. The van der Waals surface area contributed by atoms with Gasteiger partial charge in [0.2, 0.25) is 0 Å². The van der Waals surface area contributed by atoms with Crippen molar-refractivity contribution in [2.75, 3.05) is 5.32 Å². The van der Waals surface area contributed by atoms with Crippen LogP contribution in [-0.4, -0.2) is 5.11 Å². The molecule has 0 radical (unpaired) electrons. The summed E-state index contributed by atoms with van der Waals surface area (Å²) in [5.74, 6) is 0.205. The van der Waals surface area contributed by atoms with Crippen molar-refractivity contribution < 1.29 is 9.50 Å². The lowest BCUT2D eigenvalue weighted by Crippen LogP contribution is -2.08. The van der Waals surface area contributed by atoms with Crippen molar-refractivity contribution in [3.05, 3.63) is 58.4 Å². The van der Waals surface area contributed by atoms with Gasteiger partial charge in [0, 0.05) is 5.69 Å². The minimum Gasteiger partial charge on any atom is -0.508 e. The van der Waals surface area contributed by atoms with Gasteiger partial charge in [-0.1, -0.05) is 12.1 Å². The molecule has 0 amide bonds.